The maximum Gasteiger partial charge on any atom is 0.338 e. The topological polar surface area (TPSA) is 111 Å². The van der Waals surface area contributed by atoms with E-state index in [4.69, 9.17) is 10.5 Å². The highest BCUT2D eigenvalue weighted by Crippen LogP contribution is 2.11. The quantitative estimate of drug-likeness (QED) is 0.615. The highest BCUT2D eigenvalue weighted by molar-refractivity contribution is 7.90. The first-order valence-electron chi connectivity index (χ1n) is 5.73. The lowest BCUT2D eigenvalue weighted by atomic mass is 10.2. The maximum atomic E-state index is 11.5. The van der Waals surface area contributed by atoms with Gasteiger partial charge in [-0.3, -0.25) is 4.72 Å². The van der Waals surface area contributed by atoms with Gasteiger partial charge in [-0.25, -0.2) is 4.79 Å². The molecule has 1 aromatic carbocycles. The van der Waals surface area contributed by atoms with Crippen molar-refractivity contribution in [3.05, 3.63) is 29.8 Å². The van der Waals surface area contributed by atoms with E-state index in [0.717, 1.165) is 0 Å². The third-order valence-electron chi connectivity index (χ3n) is 2.08. The van der Waals surface area contributed by atoms with Crippen molar-refractivity contribution in [3.63, 3.8) is 0 Å². The number of rotatable bonds is 7. The Morgan fingerprint density at radius 3 is 2.47 bits per heavy atom. The summed E-state index contributed by atoms with van der Waals surface area (Å²) in [6.45, 7) is 2.36. The molecule has 0 aliphatic rings. The summed E-state index contributed by atoms with van der Waals surface area (Å²) in [6, 6.07) is 5.93. The second-order valence-electron chi connectivity index (χ2n) is 3.59. The predicted molar refractivity (Wildman–Crippen MR) is 72.0 cm³/mol. The van der Waals surface area contributed by atoms with E-state index in [0.29, 0.717) is 11.3 Å². The number of ether oxygens (including phenoxy) is 1. The number of nitrogens with two attached hydrogens (primary N) is 1. The highest BCUT2D eigenvalue weighted by atomic mass is 32.2. The molecule has 0 unspecified atom stereocenters. The average molecular weight is 287 g/mol. The average Bonchev–Trinajstić information content (AvgIpc) is 2.37. The molecule has 0 saturated carbocycles. The Morgan fingerprint density at radius 2 is 1.95 bits per heavy atom. The van der Waals surface area contributed by atoms with Gasteiger partial charge in [-0.15, -0.1) is 0 Å². The molecule has 1 rings (SSSR count). The molecule has 0 amide bonds. The van der Waals surface area contributed by atoms with Crippen LogP contribution in [0.25, 0.3) is 0 Å². The van der Waals surface area contributed by atoms with E-state index in [9.17, 15) is 13.2 Å². The summed E-state index contributed by atoms with van der Waals surface area (Å²) in [6.07, 6.45) is 0. The van der Waals surface area contributed by atoms with Crippen LogP contribution in [0.1, 0.15) is 17.3 Å². The summed E-state index contributed by atoms with van der Waals surface area (Å²) in [5.74, 6) is -0.446. The number of hydrogen-bond donors (Lipinski definition) is 3. The molecule has 4 N–H and O–H groups in total. The van der Waals surface area contributed by atoms with E-state index in [-0.39, 0.29) is 19.7 Å². The van der Waals surface area contributed by atoms with Gasteiger partial charge in [0, 0.05) is 18.8 Å². The van der Waals surface area contributed by atoms with Gasteiger partial charge in [0.2, 0.25) is 0 Å². The van der Waals surface area contributed by atoms with E-state index >= 15 is 0 Å². The number of benzene rings is 1. The van der Waals surface area contributed by atoms with Gasteiger partial charge in [0.25, 0.3) is 10.2 Å². The van der Waals surface area contributed by atoms with Crippen molar-refractivity contribution in [2.45, 2.75) is 6.92 Å². The fraction of sp³-hybridized carbons (Fsp3) is 0.364. The first-order valence-corrected chi connectivity index (χ1v) is 7.21. The van der Waals surface area contributed by atoms with Gasteiger partial charge in [-0.2, -0.15) is 13.1 Å². The Hall–Kier alpha value is -1.64. The molecule has 0 radical (unpaired) electrons. The normalized spacial score (nSPS) is 11.1. The van der Waals surface area contributed by atoms with Crippen LogP contribution in [0.5, 0.6) is 0 Å². The van der Waals surface area contributed by atoms with E-state index in [1.54, 1.807) is 6.92 Å². The third-order valence-corrected chi connectivity index (χ3v) is 3.17. The minimum absolute atomic E-state index is 0.149. The lowest BCUT2D eigenvalue weighted by molar-refractivity contribution is 0.0526. The second kappa shape index (κ2) is 7.07. The van der Waals surface area contributed by atoms with Crippen molar-refractivity contribution in [3.8, 4) is 0 Å². The summed E-state index contributed by atoms with van der Waals surface area (Å²) >= 11 is 0. The molecule has 0 spiro atoms. The Balaban J connectivity index is 2.69. The smallest absolute Gasteiger partial charge is 0.338 e. The molecule has 0 aromatic heterocycles. The Bertz CT molecular complexity index is 513. The van der Waals surface area contributed by atoms with Crippen LogP contribution >= 0.6 is 0 Å². The largest absolute Gasteiger partial charge is 0.462 e. The van der Waals surface area contributed by atoms with Gasteiger partial charge in [0.15, 0.2) is 0 Å². The van der Waals surface area contributed by atoms with Crippen molar-refractivity contribution in [2.24, 2.45) is 5.73 Å². The van der Waals surface area contributed by atoms with Crippen LogP contribution < -0.4 is 15.2 Å². The molecule has 8 heteroatoms. The van der Waals surface area contributed by atoms with Crippen molar-refractivity contribution in [1.82, 2.24) is 4.72 Å². The number of anilines is 1. The molecule has 0 aliphatic carbocycles. The molecule has 0 atom stereocenters. The fourth-order valence-electron chi connectivity index (χ4n) is 1.27. The van der Waals surface area contributed by atoms with Gasteiger partial charge in [0.1, 0.15) is 0 Å². The maximum absolute atomic E-state index is 11.5. The lowest BCUT2D eigenvalue weighted by Gasteiger charge is -2.09. The van der Waals surface area contributed by atoms with Crippen LogP contribution in [0, 0.1) is 0 Å². The number of nitrogens with one attached hydrogen (secondary N) is 2. The summed E-state index contributed by atoms with van der Waals surface area (Å²) in [5, 5.41) is 0. The van der Waals surface area contributed by atoms with Crippen LogP contribution in [-0.4, -0.2) is 34.1 Å². The van der Waals surface area contributed by atoms with Crippen LogP contribution in [0.4, 0.5) is 5.69 Å². The summed E-state index contributed by atoms with van der Waals surface area (Å²) < 4.78 is 32.4. The number of carbonyl (C=O) groups is 1. The van der Waals surface area contributed by atoms with Gasteiger partial charge in [0.05, 0.1) is 12.2 Å². The van der Waals surface area contributed by atoms with Crippen molar-refractivity contribution >= 4 is 21.9 Å². The molecule has 0 saturated heterocycles. The van der Waals surface area contributed by atoms with Gasteiger partial charge in [-0.1, -0.05) is 0 Å². The predicted octanol–water partition coefficient (Wildman–Crippen LogP) is 0.0683. The zero-order valence-corrected chi connectivity index (χ0v) is 11.4. The molecular weight excluding hydrogens is 270 g/mol. The van der Waals surface area contributed by atoms with Gasteiger partial charge in [-0.05, 0) is 31.2 Å². The number of esters is 1. The molecule has 7 nitrogen and oxygen atoms in total. The third kappa shape index (κ3) is 5.25. The molecular formula is C11H17N3O4S. The zero-order chi connectivity index (χ0) is 14.3. The van der Waals surface area contributed by atoms with Gasteiger partial charge < -0.3 is 10.5 Å². The molecule has 1 aromatic rings. The zero-order valence-electron chi connectivity index (χ0n) is 10.5. The summed E-state index contributed by atoms with van der Waals surface area (Å²) in [7, 11) is -3.64. The first kappa shape index (κ1) is 15.4. The van der Waals surface area contributed by atoms with Crippen LogP contribution in [0.3, 0.4) is 0 Å². The minimum Gasteiger partial charge on any atom is -0.462 e. The Labute approximate surface area is 112 Å². The van der Waals surface area contributed by atoms with E-state index in [1.165, 1.54) is 24.3 Å². The standard InChI is InChI=1S/C11H17N3O4S/c1-2-18-11(15)9-3-5-10(6-4-9)14-19(16,17)13-8-7-12/h3-6,13-14H,2,7-8,12H2,1H3. The Morgan fingerprint density at radius 1 is 1.32 bits per heavy atom. The SMILES string of the molecule is CCOC(=O)c1ccc(NS(=O)(=O)NCCN)cc1. The summed E-state index contributed by atoms with van der Waals surface area (Å²) in [5.41, 5.74) is 5.91. The van der Waals surface area contributed by atoms with Crippen LogP contribution in [0.2, 0.25) is 0 Å². The highest BCUT2D eigenvalue weighted by Gasteiger charge is 2.10. The molecule has 19 heavy (non-hydrogen) atoms. The molecule has 0 aliphatic heterocycles. The van der Waals surface area contributed by atoms with E-state index in [1.807, 2.05) is 0 Å². The van der Waals surface area contributed by atoms with E-state index in [2.05, 4.69) is 9.44 Å². The molecule has 0 fully saturated rings. The van der Waals surface area contributed by atoms with Crippen molar-refractivity contribution in [1.29, 1.82) is 0 Å². The van der Waals surface area contributed by atoms with Crippen LogP contribution in [-0.2, 0) is 14.9 Å². The lowest BCUT2D eigenvalue weighted by Crippen LogP contribution is -2.33. The molecule has 0 heterocycles. The van der Waals surface area contributed by atoms with Crippen LogP contribution in [0.15, 0.2) is 24.3 Å². The first-order chi connectivity index (χ1) is 8.98. The summed E-state index contributed by atoms with van der Waals surface area (Å²) in [4.78, 5) is 11.4. The minimum atomic E-state index is -3.64. The van der Waals surface area contributed by atoms with Crippen molar-refractivity contribution in [2.75, 3.05) is 24.4 Å². The number of carbonyl (C=O) groups excluding carboxylic acids is 1. The molecule has 106 valence electrons. The van der Waals surface area contributed by atoms with Gasteiger partial charge >= 0.3 is 5.97 Å². The fourth-order valence-corrected chi connectivity index (χ4v) is 2.18. The second-order valence-corrected chi connectivity index (χ2v) is 5.09. The van der Waals surface area contributed by atoms with E-state index < -0.39 is 16.2 Å². The van der Waals surface area contributed by atoms with Crippen molar-refractivity contribution < 1.29 is 17.9 Å². The Kier molecular flexibility index (Phi) is 5.74. The molecule has 0 bridgehead atoms. The number of hydrogen-bond acceptors (Lipinski definition) is 5. The monoisotopic (exact) mass is 287 g/mol.